The van der Waals surface area contributed by atoms with Crippen molar-refractivity contribution in [2.45, 2.75) is 161 Å². The Morgan fingerprint density at radius 2 is 0.647 bits per heavy atom. The van der Waals surface area contributed by atoms with Gasteiger partial charge in [-0.3, -0.25) is 28.8 Å². The summed E-state index contributed by atoms with van der Waals surface area (Å²) in [6.07, 6.45) is 15.9. The second kappa shape index (κ2) is 26.8. The Balaban J connectivity index is 1.25. The van der Waals surface area contributed by atoms with Crippen LogP contribution >= 0.6 is 0 Å². The van der Waals surface area contributed by atoms with Gasteiger partial charge in [-0.15, -0.1) is 10.1 Å². The fraction of sp³-hybridized carbons (Fsp3) is 0.771. The molecule has 0 unspecified atom stereocenters. The number of nitrogens with one attached hydrogen (secondary N) is 2. The van der Waals surface area contributed by atoms with Crippen molar-refractivity contribution in [3.63, 3.8) is 0 Å². The predicted molar refractivity (Wildman–Crippen MR) is 180 cm³/mol. The van der Waals surface area contributed by atoms with Gasteiger partial charge < -0.3 is 19.4 Å². The lowest BCUT2D eigenvalue weighted by atomic mass is 10.1. The van der Waals surface area contributed by atoms with Crippen LogP contribution in [0.2, 0.25) is 0 Å². The van der Waals surface area contributed by atoms with Crippen LogP contribution in [-0.4, -0.2) is 70.7 Å². The van der Waals surface area contributed by atoms with Crippen LogP contribution in [0.1, 0.15) is 161 Å². The Bertz CT molecular complexity index is 1030. The number of amides is 4. The van der Waals surface area contributed by atoms with Crippen LogP contribution in [0.5, 0.6) is 0 Å². The molecule has 0 aromatic carbocycles. The van der Waals surface area contributed by atoms with Gasteiger partial charge in [-0.2, -0.15) is 11.0 Å². The zero-order valence-corrected chi connectivity index (χ0v) is 29.9. The molecule has 0 aromatic rings. The monoisotopic (exact) mass is 724 g/mol. The van der Waals surface area contributed by atoms with Gasteiger partial charge in [-0.25, -0.2) is 9.59 Å². The Kier molecular flexibility index (Phi) is 22.7. The van der Waals surface area contributed by atoms with Gasteiger partial charge >= 0.3 is 23.9 Å². The molecule has 4 amide bonds. The molecule has 16 nitrogen and oxygen atoms in total. The molecule has 51 heavy (non-hydrogen) atoms. The number of hydrogen-bond acceptors (Lipinski definition) is 14. The number of rotatable bonds is 30. The van der Waals surface area contributed by atoms with Crippen LogP contribution in [0.25, 0.3) is 0 Å². The van der Waals surface area contributed by atoms with E-state index in [2.05, 4.69) is 11.0 Å². The molecule has 16 heteroatoms. The minimum absolute atomic E-state index is 0.0801. The summed E-state index contributed by atoms with van der Waals surface area (Å²) in [6.45, 7) is 1.10. The maximum atomic E-state index is 11.9. The highest BCUT2D eigenvalue weighted by atomic mass is 16.7. The highest BCUT2D eigenvalue weighted by Gasteiger charge is 2.33. The van der Waals surface area contributed by atoms with Crippen molar-refractivity contribution in [2.24, 2.45) is 0 Å². The van der Waals surface area contributed by atoms with E-state index in [9.17, 15) is 38.4 Å². The molecule has 0 saturated carbocycles. The first-order chi connectivity index (χ1) is 24.7. The molecule has 0 bridgehead atoms. The quantitative estimate of drug-likeness (QED) is 0.0596. The lowest BCUT2D eigenvalue weighted by Crippen LogP contribution is -2.31. The van der Waals surface area contributed by atoms with E-state index in [0.29, 0.717) is 48.9 Å². The topological polar surface area (TPSA) is 204 Å². The van der Waals surface area contributed by atoms with Crippen molar-refractivity contribution >= 4 is 47.5 Å². The van der Waals surface area contributed by atoms with Crippen LogP contribution in [0, 0.1) is 0 Å². The van der Waals surface area contributed by atoms with E-state index < -0.39 is 35.6 Å². The van der Waals surface area contributed by atoms with E-state index in [1.54, 1.807) is 0 Å². The summed E-state index contributed by atoms with van der Waals surface area (Å²) in [5.41, 5.74) is 5.41. The first-order valence-electron chi connectivity index (χ1n) is 18.7. The maximum Gasteiger partial charge on any atom is 0.333 e. The van der Waals surface area contributed by atoms with E-state index in [1.165, 1.54) is 0 Å². The zero-order chi connectivity index (χ0) is 37.1. The van der Waals surface area contributed by atoms with Crippen LogP contribution in [-0.2, 0) is 57.7 Å². The molecule has 0 spiro atoms. The Morgan fingerprint density at radius 3 is 0.961 bits per heavy atom. The number of unbranched alkanes of at least 4 members (excludes halogenated alkanes) is 14. The fourth-order valence-electron chi connectivity index (χ4n) is 5.39. The molecule has 0 aliphatic carbocycles. The fourth-order valence-corrected chi connectivity index (χ4v) is 5.39. The molecule has 0 atom stereocenters. The lowest BCUT2D eigenvalue weighted by molar-refractivity contribution is -0.197. The van der Waals surface area contributed by atoms with Gasteiger partial charge in [-0.1, -0.05) is 70.6 Å². The van der Waals surface area contributed by atoms with Crippen LogP contribution < -0.4 is 11.0 Å². The smallest absolute Gasteiger partial charge is 0.333 e. The van der Waals surface area contributed by atoms with Crippen molar-refractivity contribution < 1.29 is 57.7 Å². The second-order valence-corrected chi connectivity index (χ2v) is 12.8. The molecule has 2 fully saturated rings. The van der Waals surface area contributed by atoms with Gasteiger partial charge in [0.25, 0.3) is 23.6 Å². The third kappa shape index (κ3) is 20.5. The molecule has 2 aliphatic heterocycles. The summed E-state index contributed by atoms with van der Waals surface area (Å²) in [4.78, 5) is 113. The SMILES string of the molecule is O=C(CCCCCCCCCC(=O)ONCCCCCCCC(=O)ON1C(=O)CCC1=O)ONCCCCCCCC(=O)ON1C(=O)CCC1=O. The Hall–Kier alpha value is -3.92. The molecule has 288 valence electrons. The van der Waals surface area contributed by atoms with E-state index in [1.807, 2.05) is 0 Å². The molecule has 2 N–H and O–H groups in total. The summed E-state index contributed by atoms with van der Waals surface area (Å²) in [5.74, 6) is -3.62. The van der Waals surface area contributed by atoms with Gasteiger partial charge in [0.2, 0.25) is 0 Å². The first kappa shape index (κ1) is 43.2. The lowest BCUT2D eigenvalue weighted by Gasteiger charge is -2.12. The van der Waals surface area contributed by atoms with Gasteiger partial charge in [-0.05, 0) is 38.5 Å². The summed E-state index contributed by atoms with van der Waals surface area (Å²) in [6, 6.07) is 0. The standard InChI is InChI=1S/C35H56N4O12/c40-28-22-23-29(41)38(28)50-34(46)20-14-8-4-10-16-26-36-48-32(44)18-12-6-2-1-3-7-13-19-33(45)49-37-27-17-11-5-9-15-21-35(47)51-39-30(42)24-25-31(39)43/h36-37H,1-27H2. The van der Waals surface area contributed by atoms with E-state index in [0.717, 1.165) is 96.3 Å². The van der Waals surface area contributed by atoms with E-state index in [4.69, 9.17) is 19.4 Å². The highest BCUT2D eigenvalue weighted by Crippen LogP contribution is 2.16. The second-order valence-electron chi connectivity index (χ2n) is 12.8. The number of imide groups is 2. The molecular formula is C35H56N4O12. The minimum Gasteiger partial charge on any atom is -0.371 e. The summed E-state index contributed by atoms with van der Waals surface area (Å²) in [5, 5.41) is 1.14. The number of nitrogens with zero attached hydrogens (tertiary/aromatic N) is 2. The van der Waals surface area contributed by atoms with E-state index in [-0.39, 0.29) is 50.5 Å². The minimum atomic E-state index is -0.577. The molecule has 2 saturated heterocycles. The zero-order valence-electron chi connectivity index (χ0n) is 29.9. The maximum absolute atomic E-state index is 11.9. The van der Waals surface area contributed by atoms with Crippen molar-refractivity contribution in [1.29, 1.82) is 0 Å². The number of hydrogen-bond donors (Lipinski definition) is 2. The van der Waals surface area contributed by atoms with Crippen molar-refractivity contribution in [2.75, 3.05) is 13.1 Å². The predicted octanol–water partition coefficient (Wildman–Crippen LogP) is 4.49. The van der Waals surface area contributed by atoms with Crippen molar-refractivity contribution in [1.82, 2.24) is 21.1 Å². The van der Waals surface area contributed by atoms with Crippen molar-refractivity contribution in [3.8, 4) is 0 Å². The third-order valence-electron chi connectivity index (χ3n) is 8.35. The molecule has 0 radical (unpaired) electrons. The Labute approximate surface area is 299 Å². The van der Waals surface area contributed by atoms with Crippen molar-refractivity contribution in [3.05, 3.63) is 0 Å². The molecule has 2 heterocycles. The number of carbonyl (C=O) groups excluding carboxylic acids is 8. The summed E-state index contributed by atoms with van der Waals surface area (Å²) >= 11 is 0. The largest absolute Gasteiger partial charge is 0.371 e. The number of carbonyl (C=O) groups is 8. The van der Waals surface area contributed by atoms with Crippen LogP contribution in [0.15, 0.2) is 0 Å². The molecule has 2 aliphatic rings. The van der Waals surface area contributed by atoms with Gasteiger partial charge in [0.15, 0.2) is 0 Å². The van der Waals surface area contributed by atoms with Crippen LogP contribution in [0.4, 0.5) is 0 Å². The van der Waals surface area contributed by atoms with Gasteiger partial charge in [0, 0.05) is 64.5 Å². The van der Waals surface area contributed by atoms with E-state index >= 15 is 0 Å². The third-order valence-corrected chi connectivity index (χ3v) is 8.35. The van der Waals surface area contributed by atoms with Gasteiger partial charge in [0.05, 0.1) is 0 Å². The number of hydroxylamine groups is 6. The summed E-state index contributed by atoms with van der Waals surface area (Å²) in [7, 11) is 0. The molecule has 2 rings (SSSR count). The molecule has 0 aromatic heterocycles. The highest BCUT2D eigenvalue weighted by molar-refractivity contribution is 6.02. The molecular weight excluding hydrogens is 668 g/mol. The van der Waals surface area contributed by atoms with Gasteiger partial charge in [0.1, 0.15) is 0 Å². The normalized spacial score (nSPS) is 14.4. The van der Waals surface area contributed by atoms with Crippen LogP contribution in [0.3, 0.4) is 0 Å². The average Bonchev–Trinajstić information content (AvgIpc) is 3.59. The average molecular weight is 725 g/mol. The first-order valence-corrected chi connectivity index (χ1v) is 18.7. The Morgan fingerprint density at radius 1 is 0.392 bits per heavy atom. The summed E-state index contributed by atoms with van der Waals surface area (Å²) < 4.78 is 0.